The fourth-order valence-corrected chi connectivity index (χ4v) is 4.61. The second-order valence-electron chi connectivity index (χ2n) is 9.06. The van der Waals surface area contributed by atoms with Crippen LogP contribution in [-0.2, 0) is 11.0 Å². The number of nitrogens with zero attached hydrogens (tertiary/aromatic N) is 2. The summed E-state index contributed by atoms with van der Waals surface area (Å²) in [5.41, 5.74) is 12.5. The third kappa shape index (κ3) is 5.89. The summed E-state index contributed by atoms with van der Waals surface area (Å²) in [6, 6.07) is 16.7. The van der Waals surface area contributed by atoms with Gasteiger partial charge in [-0.25, -0.2) is 9.38 Å². The van der Waals surface area contributed by atoms with Crippen molar-refractivity contribution in [1.82, 2.24) is 10.2 Å². The van der Waals surface area contributed by atoms with E-state index >= 15 is 0 Å². The summed E-state index contributed by atoms with van der Waals surface area (Å²) in [6.07, 6.45) is -4.67. The normalized spacial score (nSPS) is 20.0. The Labute approximate surface area is 228 Å². The number of likely N-dealkylation sites (tertiary alicyclic amines) is 1. The van der Waals surface area contributed by atoms with E-state index in [2.05, 4.69) is 5.32 Å². The molecule has 1 fully saturated rings. The number of rotatable bonds is 6. The number of halogens is 4. The highest BCUT2D eigenvalue weighted by atomic mass is 19.4. The van der Waals surface area contributed by atoms with Crippen LogP contribution in [-0.4, -0.2) is 41.7 Å². The van der Waals surface area contributed by atoms with Gasteiger partial charge in [-0.3, -0.25) is 14.5 Å². The van der Waals surface area contributed by atoms with Gasteiger partial charge in [-0.05, 0) is 55.0 Å². The number of amides is 2. The highest BCUT2D eigenvalue weighted by Gasteiger charge is 2.46. The Balaban J connectivity index is 1.88. The number of piperidine rings is 1. The lowest BCUT2D eigenvalue weighted by molar-refractivity contribution is -0.137. The molecule has 1 heterocycles. The second kappa shape index (κ2) is 11.7. The van der Waals surface area contributed by atoms with Crippen LogP contribution in [0.2, 0.25) is 0 Å². The van der Waals surface area contributed by atoms with E-state index in [1.807, 2.05) is 0 Å². The number of carbonyl (C=O) groups is 2. The van der Waals surface area contributed by atoms with Crippen LogP contribution in [0, 0.1) is 5.82 Å². The molecule has 1 aliphatic rings. The van der Waals surface area contributed by atoms with Gasteiger partial charge in [0, 0.05) is 35.8 Å². The highest BCUT2D eigenvalue weighted by molar-refractivity contribution is 6.15. The van der Waals surface area contributed by atoms with Crippen molar-refractivity contribution < 1.29 is 27.2 Å². The molecule has 208 valence electrons. The molecule has 5 N–H and O–H groups in total. The molecule has 40 heavy (non-hydrogen) atoms. The molecule has 0 aliphatic carbocycles. The monoisotopic (exact) mass is 553 g/mol. The van der Waals surface area contributed by atoms with Gasteiger partial charge in [0.2, 0.25) is 0 Å². The first-order chi connectivity index (χ1) is 19.0. The van der Waals surface area contributed by atoms with Gasteiger partial charge in [0.05, 0.1) is 11.3 Å². The zero-order chi connectivity index (χ0) is 29.0. The molecule has 0 spiro atoms. The fraction of sp³-hybridized carbons (Fsp3) is 0.207. The van der Waals surface area contributed by atoms with Crippen LogP contribution >= 0.6 is 0 Å². The van der Waals surface area contributed by atoms with E-state index in [-0.39, 0.29) is 30.2 Å². The summed E-state index contributed by atoms with van der Waals surface area (Å²) in [5, 5.41) is 2.61. The number of nitrogens with two attached hydrogens (primary N) is 2. The lowest BCUT2D eigenvalue weighted by Crippen LogP contribution is -2.59. The molecule has 3 aromatic carbocycles. The maximum Gasteiger partial charge on any atom is 0.416 e. The predicted octanol–water partition coefficient (Wildman–Crippen LogP) is 4.49. The van der Waals surface area contributed by atoms with Gasteiger partial charge in [-0.15, -0.1) is 0 Å². The van der Waals surface area contributed by atoms with Crippen LogP contribution in [0.1, 0.15) is 34.3 Å². The Morgan fingerprint density at radius 3 is 2.30 bits per heavy atom. The van der Waals surface area contributed by atoms with Gasteiger partial charge in [0.1, 0.15) is 17.7 Å². The Hall–Kier alpha value is -4.51. The number of aliphatic imine (C=N–C) groups is 1. The van der Waals surface area contributed by atoms with Crippen molar-refractivity contribution in [2.45, 2.75) is 25.1 Å². The Morgan fingerprint density at radius 1 is 1.02 bits per heavy atom. The standard InChI is InChI=1S/C29H27F4N5O2/c1-2-38-26(36-21-9-4-3-5-10-21)24(22(35)16-34)23(17-11-13-20(30)14-12-17)25(28(38)40)37-27(39)18-7-6-8-19(15-18)29(31,32)33/h3-15,23,25H,2,16,34-35H2,1H3,(H,37,39)/b24-22-,36-26?/t23-,25-/m0/s1. The molecule has 1 saturated heterocycles. The molecule has 0 bridgehead atoms. The first kappa shape index (κ1) is 28.5. The van der Waals surface area contributed by atoms with Crippen LogP contribution in [0.25, 0.3) is 0 Å². The number of carbonyl (C=O) groups excluding carboxylic acids is 2. The minimum atomic E-state index is -4.67. The second-order valence-corrected chi connectivity index (χ2v) is 9.06. The largest absolute Gasteiger partial charge is 0.416 e. The molecule has 0 radical (unpaired) electrons. The van der Waals surface area contributed by atoms with Gasteiger partial charge in [-0.1, -0.05) is 36.4 Å². The van der Waals surface area contributed by atoms with Crippen LogP contribution in [0.4, 0.5) is 23.2 Å². The summed E-state index contributed by atoms with van der Waals surface area (Å²) >= 11 is 0. The zero-order valence-electron chi connectivity index (χ0n) is 21.5. The molecule has 1 aliphatic heterocycles. The number of para-hydroxylation sites is 1. The van der Waals surface area contributed by atoms with Crippen molar-refractivity contribution in [1.29, 1.82) is 0 Å². The molecule has 0 unspecified atom stereocenters. The van der Waals surface area contributed by atoms with Crippen molar-refractivity contribution in [3.8, 4) is 0 Å². The number of amidine groups is 1. The fourth-order valence-electron chi connectivity index (χ4n) is 4.61. The van der Waals surface area contributed by atoms with E-state index in [0.29, 0.717) is 22.9 Å². The lowest BCUT2D eigenvalue weighted by Gasteiger charge is -2.41. The summed E-state index contributed by atoms with van der Waals surface area (Å²) in [7, 11) is 0. The van der Waals surface area contributed by atoms with Crippen LogP contribution in [0.5, 0.6) is 0 Å². The molecule has 2 amide bonds. The Morgan fingerprint density at radius 2 is 1.70 bits per heavy atom. The first-order valence-corrected chi connectivity index (χ1v) is 12.4. The third-order valence-electron chi connectivity index (χ3n) is 6.51. The zero-order valence-corrected chi connectivity index (χ0v) is 21.5. The number of benzene rings is 3. The molecule has 3 aromatic rings. The first-order valence-electron chi connectivity index (χ1n) is 12.4. The van der Waals surface area contributed by atoms with Gasteiger partial charge in [-0.2, -0.15) is 13.2 Å². The minimum absolute atomic E-state index is 0.124. The van der Waals surface area contributed by atoms with Crippen LogP contribution in [0.3, 0.4) is 0 Å². The molecule has 4 rings (SSSR count). The topological polar surface area (TPSA) is 114 Å². The van der Waals surface area contributed by atoms with E-state index in [0.717, 1.165) is 12.1 Å². The molecule has 7 nitrogen and oxygen atoms in total. The number of nitrogens with one attached hydrogen (secondary N) is 1. The maximum absolute atomic E-state index is 13.9. The van der Waals surface area contributed by atoms with E-state index < -0.39 is 41.3 Å². The van der Waals surface area contributed by atoms with Gasteiger partial charge in [0.25, 0.3) is 11.8 Å². The summed E-state index contributed by atoms with van der Waals surface area (Å²) < 4.78 is 53.8. The summed E-state index contributed by atoms with van der Waals surface area (Å²) in [5.74, 6) is -2.76. The lowest BCUT2D eigenvalue weighted by atomic mass is 9.78. The summed E-state index contributed by atoms with van der Waals surface area (Å²) in [4.78, 5) is 33.2. The summed E-state index contributed by atoms with van der Waals surface area (Å²) in [6.45, 7) is 1.72. The molecule has 11 heteroatoms. The number of hydrogen-bond donors (Lipinski definition) is 3. The van der Waals surface area contributed by atoms with Crippen molar-refractivity contribution in [3.63, 3.8) is 0 Å². The van der Waals surface area contributed by atoms with E-state index in [1.54, 1.807) is 37.3 Å². The van der Waals surface area contributed by atoms with Crippen molar-refractivity contribution >= 4 is 23.3 Å². The highest BCUT2D eigenvalue weighted by Crippen LogP contribution is 2.38. The maximum atomic E-state index is 13.9. The molecule has 2 atom stereocenters. The van der Waals surface area contributed by atoms with Crippen LogP contribution in [0.15, 0.2) is 95.1 Å². The van der Waals surface area contributed by atoms with Crippen molar-refractivity contribution in [2.75, 3.05) is 13.1 Å². The molecular formula is C29H27F4N5O2. The molecule has 0 saturated carbocycles. The SMILES string of the molecule is CCN1C(=O)[C@@H](NC(=O)c2cccc(C(F)(F)F)c2)[C@@H](c2ccc(F)cc2)/C(=C(/N)CN)C1=Nc1ccccc1. The average Bonchev–Trinajstić information content (AvgIpc) is 2.94. The van der Waals surface area contributed by atoms with Crippen molar-refractivity contribution in [3.05, 3.63) is 113 Å². The third-order valence-corrected chi connectivity index (χ3v) is 6.51. The Kier molecular flexibility index (Phi) is 8.34. The average molecular weight is 554 g/mol. The van der Waals surface area contributed by atoms with Crippen molar-refractivity contribution in [2.24, 2.45) is 16.5 Å². The molecule has 0 aromatic heterocycles. The number of likely N-dealkylation sites (N-methyl/N-ethyl adjacent to an activating group) is 1. The Bertz CT molecular complexity index is 1450. The van der Waals surface area contributed by atoms with Gasteiger partial charge >= 0.3 is 6.18 Å². The van der Waals surface area contributed by atoms with E-state index in [9.17, 15) is 27.2 Å². The van der Waals surface area contributed by atoms with Crippen LogP contribution < -0.4 is 16.8 Å². The smallest absolute Gasteiger partial charge is 0.401 e. The van der Waals surface area contributed by atoms with E-state index in [1.165, 1.54) is 35.2 Å². The van der Waals surface area contributed by atoms with Gasteiger partial charge in [0.15, 0.2) is 0 Å². The quantitative estimate of drug-likeness (QED) is 0.391. The predicted molar refractivity (Wildman–Crippen MR) is 143 cm³/mol. The molecular weight excluding hydrogens is 526 g/mol. The minimum Gasteiger partial charge on any atom is -0.401 e. The number of alkyl halides is 3. The van der Waals surface area contributed by atoms with E-state index in [4.69, 9.17) is 16.5 Å². The van der Waals surface area contributed by atoms with Gasteiger partial charge < -0.3 is 16.8 Å². The number of hydrogen-bond acceptors (Lipinski definition) is 5.